The SMILES string of the molecule is NCCc1ccccc1C(=O)N1CCCC1C(=O)O. The Balaban J connectivity index is 2.26. The van der Waals surface area contributed by atoms with Gasteiger partial charge in [-0.1, -0.05) is 18.2 Å². The lowest BCUT2D eigenvalue weighted by Crippen LogP contribution is -2.40. The first kappa shape index (κ1) is 13.5. The van der Waals surface area contributed by atoms with Crippen molar-refractivity contribution < 1.29 is 14.7 Å². The Kier molecular flexibility index (Phi) is 4.16. The van der Waals surface area contributed by atoms with Crippen LogP contribution in [0.2, 0.25) is 0 Å². The topological polar surface area (TPSA) is 83.6 Å². The number of nitrogens with two attached hydrogens (primary N) is 1. The summed E-state index contributed by atoms with van der Waals surface area (Å²) < 4.78 is 0. The summed E-state index contributed by atoms with van der Waals surface area (Å²) in [7, 11) is 0. The molecular weight excluding hydrogens is 244 g/mol. The van der Waals surface area contributed by atoms with E-state index in [-0.39, 0.29) is 5.91 Å². The lowest BCUT2D eigenvalue weighted by Gasteiger charge is -2.22. The van der Waals surface area contributed by atoms with Crippen LogP contribution in [0.25, 0.3) is 0 Å². The van der Waals surface area contributed by atoms with Crippen LogP contribution in [0.15, 0.2) is 24.3 Å². The van der Waals surface area contributed by atoms with E-state index in [1.807, 2.05) is 12.1 Å². The number of aliphatic carboxylic acids is 1. The summed E-state index contributed by atoms with van der Waals surface area (Å²) in [5.74, 6) is -1.13. The summed E-state index contributed by atoms with van der Waals surface area (Å²) in [6, 6.07) is 6.56. The molecule has 1 unspecified atom stereocenters. The number of amides is 1. The van der Waals surface area contributed by atoms with Gasteiger partial charge in [0.15, 0.2) is 0 Å². The molecule has 0 radical (unpaired) electrons. The zero-order chi connectivity index (χ0) is 13.8. The van der Waals surface area contributed by atoms with Crippen molar-refractivity contribution in [1.29, 1.82) is 0 Å². The van der Waals surface area contributed by atoms with Gasteiger partial charge in [-0.25, -0.2) is 4.79 Å². The number of carbonyl (C=O) groups excluding carboxylic acids is 1. The molecule has 5 nitrogen and oxygen atoms in total. The van der Waals surface area contributed by atoms with Crippen molar-refractivity contribution in [2.45, 2.75) is 25.3 Å². The maximum Gasteiger partial charge on any atom is 0.326 e. The Morgan fingerprint density at radius 2 is 2.11 bits per heavy atom. The molecule has 1 saturated heterocycles. The number of hydrogen-bond donors (Lipinski definition) is 2. The van der Waals surface area contributed by atoms with E-state index in [0.29, 0.717) is 31.5 Å². The fourth-order valence-corrected chi connectivity index (χ4v) is 2.52. The fourth-order valence-electron chi connectivity index (χ4n) is 2.52. The number of likely N-dealkylation sites (tertiary alicyclic amines) is 1. The van der Waals surface area contributed by atoms with Gasteiger partial charge < -0.3 is 15.7 Å². The summed E-state index contributed by atoms with van der Waals surface area (Å²) in [6.45, 7) is 0.972. The van der Waals surface area contributed by atoms with Gasteiger partial charge in [0.2, 0.25) is 0 Å². The van der Waals surface area contributed by atoms with Crippen molar-refractivity contribution in [1.82, 2.24) is 4.90 Å². The third-order valence-electron chi connectivity index (χ3n) is 3.46. The Labute approximate surface area is 112 Å². The van der Waals surface area contributed by atoms with E-state index in [1.165, 1.54) is 4.90 Å². The summed E-state index contributed by atoms with van der Waals surface area (Å²) in [5.41, 5.74) is 6.99. The average Bonchev–Trinajstić information content (AvgIpc) is 2.88. The van der Waals surface area contributed by atoms with Crippen LogP contribution in [0.1, 0.15) is 28.8 Å². The van der Waals surface area contributed by atoms with Crippen molar-refractivity contribution in [2.75, 3.05) is 13.1 Å². The second-order valence-corrected chi connectivity index (χ2v) is 4.69. The maximum atomic E-state index is 12.5. The molecule has 19 heavy (non-hydrogen) atoms. The maximum absolute atomic E-state index is 12.5. The Bertz CT molecular complexity index is 487. The first-order valence-corrected chi connectivity index (χ1v) is 6.47. The third-order valence-corrected chi connectivity index (χ3v) is 3.46. The molecule has 102 valence electrons. The molecule has 0 saturated carbocycles. The highest BCUT2D eigenvalue weighted by Gasteiger charge is 2.34. The van der Waals surface area contributed by atoms with Crippen LogP contribution in [-0.4, -0.2) is 41.0 Å². The van der Waals surface area contributed by atoms with E-state index >= 15 is 0 Å². The molecule has 1 amide bonds. The minimum Gasteiger partial charge on any atom is -0.480 e. The monoisotopic (exact) mass is 262 g/mol. The van der Waals surface area contributed by atoms with Crippen molar-refractivity contribution >= 4 is 11.9 Å². The third kappa shape index (κ3) is 2.76. The number of hydrogen-bond acceptors (Lipinski definition) is 3. The van der Waals surface area contributed by atoms with E-state index in [9.17, 15) is 9.59 Å². The standard InChI is InChI=1S/C14H18N2O3/c15-8-7-10-4-1-2-5-11(10)13(17)16-9-3-6-12(16)14(18)19/h1-2,4-5,12H,3,6-9,15H2,(H,18,19). The van der Waals surface area contributed by atoms with Crippen LogP contribution < -0.4 is 5.73 Å². The van der Waals surface area contributed by atoms with Crippen LogP contribution in [-0.2, 0) is 11.2 Å². The highest BCUT2D eigenvalue weighted by molar-refractivity contribution is 5.98. The van der Waals surface area contributed by atoms with Crippen molar-refractivity contribution in [3.63, 3.8) is 0 Å². The van der Waals surface area contributed by atoms with Gasteiger partial charge >= 0.3 is 5.97 Å². The Hall–Kier alpha value is -1.88. The van der Waals surface area contributed by atoms with Crippen LogP contribution in [0.5, 0.6) is 0 Å². The van der Waals surface area contributed by atoms with Gasteiger partial charge in [-0.3, -0.25) is 4.79 Å². The predicted octanol–water partition coefficient (Wildman–Crippen LogP) is 0.877. The molecule has 1 aliphatic heterocycles. The van der Waals surface area contributed by atoms with Gasteiger partial charge in [-0.05, 0) is 37.4 Å². The van der Waals surface area contributed by atoms with Gasteiger partial charge in [0.05, 0.1) is 0 Å². The molecule has 0 bridgehead atoms. The average molecular weight is 262 g/mol. The predicted molar refractivity (Wildman–Crippen MR) is 70.9 cm³/mol. The van der Waals surface area contributed by atoms with Crippen LogP contribution in [0.3, 0.4) is 0 Å². The summed E-state index contributed by atoms with van der Waals surface area (Å²) in [4.78, 5) is 25.1. The van der Waals surface area contributed by atoms with Crippen molar-refractivity contribution in [3.8, 4) is 0 Å². The first-order valence-electron chi connectivity index (χ1n) is 6.47. The number of rotatable bonds is 4. The highest BCUT2D eigenvalue weighted by Crippen LogP contribution is 2.22. The van der Waals surface area contributed by atoms with Crippen molar-refractivity contribution in [3.05, 3.63) is 35.4 Å². The molecule has 1 atom stereocenters. The van der Waals surface area contributed by atoms with Crippen LogP contribution >= 0.6 is 0 Å². The molecule has 5 heteroatoms. The van der Waals surface area contributed by atoms with E-state index in [0.717, 1.165) is 12.0 Å². The van der Waals surface area contributed by atoms with Gasteiger partial charge in [0, 0.05) is 12.1 Å². The molecule has 0 aliphatic carbocycles. The summed E-state index contributed by atoms with van der Waals surface area (Å²) in [6.07, 6.45) is 1.88. The van der Waals surface area contributed by atoms with E-state index in [2.05, 4.69) is 0 Å². The molecule has 1 heterocycles. The number of benzene rings is 1. The Morgan fingerprint density at radius 3 is 2.79 bits per heavy atom. The molecule has 1 aromatic rings. The quantitative estimate of drug-likeness (QED) is 0.843. The highest BCUT2D eigenvalue weighted by atomic mass is 16.4. The largest absolute Gasteiger partial charge is 0.480 e. The fraction of sp³-hybridized carbons (Fsp3) is 0.429. The van der Waals surface area contributed by atoms with Crippen LogP contribution in [0.4, 0.5) is 0 Å². The normalized spacial score (nSPS) is 18.6. The van der Waals surface area contributed by atoms with Gasteiger partial charge in [-0.15, -0.1) is 0 Å². The molecule has 3 N–H and O–H groups in total. The van der Waals surface area contributed by atoms with E-state index < -0.39 is 12.0 Å². The molecule has 2 rings (SSSR count). The lowest BCUT2D eigenvalue weighted by atomic mass is 10.0. The zero-order valence-electron chi connectivity index (χ0n) is 10.7. The molecule has 1 aliphatic rings. The second kappa shape index (κ2) is 5.84. The first-order chi connectivity index (χ1) is 9.15. The van der Waals surface area contributed by atoms with E-state index in [1.54, 1.807) is 12.1 Å². The molecular formula is C14H18N2O3. The van der Waals surface area contributed by atoms with Gasteiger partial charge in [-0.2, -0.15) is 0 Å². The summed E-state index contributed by atoms with van der Waals surface area (Å²) in [5, 5.41) is 9.14. The smallest absolute Gasteiger partial charge is 0.326 e. The number of carbonyl (C=O) groups is 2. The summed E-state index contributed by atoms with van der Waals surface area (Å²) >= 11 is 0. The zero-order valence-corrected chi connectivity index (χ0v) is 10.7. The lowest BCUT2D eigenvalue weighted by molar-refractivity contribution is -0.141. The number of carboxylic acid groups (broad SMARTS) is 1. The van der Waals surface area contributed by atoms with Gasteiger partial charge in [0.1, 0.15) is 6.04 Å². The molecule has 0 aromatic heterocycles. The van der Waals surface area contributed by atoms with E-state index in [4.69, 9.17) is 10.8 Å². The van der Waals surface area contributed by atoms with Gasteiger partial charge in [0.25, 0.3) is 5.91 Å². The molecule has 1 aromatic carbocycles. The van der Waals surface area contributed by atoms with Crippen LogP contribution in [0, 0.1) is 0 Å². The minimum atomic E-state index is -0.929. The number of nitrogens with zero attached hydrogens (tertiary/aromatic N) is 1. The second-order valence-electron chi connectivity index (χ2n) is 4.69. The van der Waals surface area contributed by atoms with Crippen molar-refractivity contribution in [2.24, 2.45) is 5.73 Å². The molecule has 1 fully saturated rings. The molecule has 0 spiro atoms. The Morgan fingerprint density at radius 1 is 1.37 bits per heavy atom. The number of carboxylic acids is 1. The minimum absolute atomic E-state index is 0.200.